The largest absolute Gasteiger partial charge is 0.493 e. The average Bonchev–Trinajstić information content (AvgIpc) is 2.26. The molecule has 2 nitrogen and oxygen atoms in total. The van der Waals surface area contributed by atoms with Gasteiger partial charge >= 0.3 is 0 Å². The van der Waals surface area contributed by atoms with E-state index in [1.54, 1.807) is 0 Å². The fourth-order valence-corrected chi connectivity index (χ4v) is 1.90. The van der Waals surface area contributed by atoms with Crippen LogP contribution in [0.4, 0.5) is 0 Å². The lowest BCUT2D eigenvalue weighted by Crippen LogP contribution is -2.16. The summed E-state index contributed by atoms with van der Waals surface area (Å²) in [5.41, 5.74) is 8.27. The van der Waals surface area contributed by atoms with Gasteiger partial charge in [0.2, 0.25) is 0 Å². The van der Waals surface area contributed by atoms with Crippen molar-refractivity contribution in [1.29, 1.82) is 0 Å². The van der Waals surface area contributed by atoms with E-state index in [-0.39, 0.29) is 5.41 Å². The van der Waals surface area contributed by atoms with Crippen molar-refractivity contribution in [2.75, 3.05) is 13.2 Å². The summed E-state index contributed by atoms with van der Waals surface area (Å²) in [7, 11) is 0. The summed E-state index contributed by atoms with van der Waals surface area (Å²) in [5, 5.41) is 0. The molecule has 0 bridgehead atoms. The van der Waals surface area contributed by atoms with Crippen LogP contribution in [-0.4, -0.2) is 13.2 Å². The minimum atomic E-state index is 0.105. The molecule has 1 rings (SSSR count). The molecule has 0 heterocycles. The van der Waals surface area contributed by atoms with E-state index in [2.05, 4.69) is 45.9 Å². The third kappa shape index (κ3) is 3.74. The number of ether oxygens (including phenoxy) is 1. The molecular formula is C15H25NO. The van der Waals surface area contributed by atoms with E-state index in [1.807, 2.05) is 0 Å². The summed E-state index contributed by atoms with van der Waals surface area (Å²) < 4.78 is 5.94. The van der Waals surface area contributed by atoms with Crippen LogP contribution in [0.1, 0.15) is 45.2 Å². The van der Waals surface area contributed by atoms with Gasteiger partial charge in [-0.25, -0.2) is 0 Å². The normalized spacial score (nSPS) is 11.6. The second kappa shape index (κ2) is 6.06. The summed E-state index contributed by atoms with van der Waals surface area (Å²) in [6.45, 7) is 10.2. The SMILES string of the molecule is CCCOc1c(CCN)cccc1C(C)(C)C. The van der Waals surface area contributed by atoms with Gasteiger partial charge in [0.15, 0.2) is 0 Å². The van der Waals surface area contributed by atoms with Gasteiger partial charge in [-0.1, -0.05) is 45.9 Å². The zero-order valence-electron chi connectivity index (χ0n) is 11.5. The van der Waals surface area contributed by atoms with Crippen molar-refractivity contribution < 1.29 is 4.74 Å². The van der Waals surface area contributed by atoms with Crippen LogP contribution >= 0.6 is 0 Å². The van der Waals surface area contributed by atoms with Crippen molar-refractivity contribution in [3.05, 3.63) is 29.3 Å². The van der Waals surface area contributed by atoms with Crippen molar-refractivity contribution in [2.24, 2.45) is 5.73 Å². The Morgan fingerprint density at radius 2 is 1.94 bits per heavy atom. The zero-order chi connectivity index (χ0) is 12.9. The van der Waals surface area contributed by atoms with Crippen molar-refractivity contribution in [2.45, 2.75) is 46.0 Å². The van der Waals surface area contributed by atoms with E-state index in [0.717, 1.165) is 25.2 Å². The monoisotopic (exact) mass is 235 g/mol. The lowest BCUT2D eigenvalue weighted by molar-refractivity contribution is 0.305. The first-order chi connectivity index (χ1) is 8.00. The van der Waals surface area contributed by atoms with E-state index in [1.165, 1.54) is 11.1 Å². The van der Waals surface area contributed by atoms with Crippen LogP contribution in [0.2, 0.25) is 0 Å². The van der Waals surface area contributed by atoms with Gasteiger partial charge in [-0.2, -0.15) is 0 Å². The van der Waals surface area contributed by atoms with E-state index in [9.17, 15) is 0 Å². The van der Waals surface area contributed by atoms with Gasteiger partial charge in [-0.3, -0.25) is 0 Å². The molecule has 2 heteroatoms. The number of benzene rings is 1. The maximum absolute atomic E-state index is 5.94. The van der Waals surface area contributed by atoms with E-state index in [4.69, 9.17) is 10.5 Å². The molecular weight excluding hydrogens is 210 g/mol. The Hall–Kier alpha value is -1.02. The lowest BCUT2D eigenvalue weighted by atomic mass is 9.85. The Bertz CT molecular complexity index is 352. The molecule has 0 aliphatic rings. The number of para-hydroxylation sites is 1. The molecule has 96 valence electrons. The molecule has 0 atom stereocenters. The summed E-state index contributed by atoms with van der Waals surface area (Å²) in [6.07, 6.45) is 1.91. The fourth-order valence-electron chi connectivity index (χ4n) is 1.90. The van der Waals surface area contributed by atoms with Crippen LogP contribution in [-0.2, 0) is 11.8 Å². The molecule has 0 saturated carbocycles. The molecule has 0 aliphatic carbocycles. The summed E-state index contributed by atoms with van der Waals surface area (Å²) in [5.74, 6) is 1.05. The molecule has 2 N–H and O–H groups in total. The molecule has 0 radical (unpaired) electrons. The summed E-state index contributed by atoms with van der Waals surface area (Å²) in [6, 6.07) is 6.38. The highest BCUT2D eigenvalue weighted by Gasteiger charge is 2.20. The quantitative estimate of drug-likeness (QED) is 0.850. The van der Waals surface area contributed by atoms with Crippen molar-refractivity contribution in [3.63, 3.8) is 0 Å². The predicted octanol–water partition coefficient (Wildman–Crippen LogP) is 3.27. The van der Waals surface area contributed by atoms with Crippen molar-refractivity contribution >= 4 is 0 Å². The van der Waals surface area contributed by atoms with Crippen LogP contribution in [0, 0.1) is 0 Å². The summed E-state index contributed by atoms with van der Waals surface area (Å²) >= 11 is 0. The van der Waals surface area contributed by atoms with Gasteiger partial charge in [0.25, 0.3) is 0 Å². The zero-order valence-corrected chi connectivity index (χ0v) is 11.5. The minimum Gasteiger partial charge on any atom is -0.493 e. The molecule has 0 spiro atoms. The smallest absolute Gasteiger partial charge is 0.126 e. The number of hydrogen-bond acceptors (Lipinski definition) is 2. The minimum absolute atomic E-state index is 0.105. The topological polar surface area (TPSA) is 35.2 Å². The molecule has 17 heavy (non-hydrogen) atoms. The molecule has 0 aliphatic heterocycles. The van der Waals surface area contributed by atoms with Crippen molar-refractivity contribution in [1.82, 2.24) is 0 Å². The van der Waals surface area contributed by atoms with Gasteiger partial charge in [-0.05, 0) is 35.9 Å². The predicted molar refractivity (Wildman–Crippen MR) is 73.7 cm³/mol. The highest BCUT2D eigenvalue weighted by molar-refractivity contribution is 5.45. The van der Waals surface area contributed by atoms with E-state index >= 15 is 0 Å². The molecule has 0 amide bonds. The Labute approximate surface area is 105 Å². The molecule has 1 aromatic carbocycles. The first kappa shape index (κ1) is 14.0. The second-order valence-corrected chi connectivity index (χ2v) is 5.43. The van der Waals surface area contributed by atoms with Crippen LogP contribution in [0.15, 0.2) is 18.2 Å². The number of hydrogen-bond donors (Lipinski definition) is 1. The van der Waals surface area contributed by atoms with Crippen LogP contribution in [0.5, 0.6) is 5.75 Å². The average molecular weight is 235 g/mol. The molecule has 0 unspecified atom stereocenters. The maximum atomic E-state index is 5.94. The highest BCUT2D eigenvalue weighted by Crippen LogP contribution is 2.34. The Kier molecular flexibility index (Phi) is 5.01. The first-order valence-electron chi connectivity index (χ1n) is 6.46. The van der Waals surface area contributed by atoms with Gasteiger partial charge in [0.1, 0.15) is 5.75 Å². The maximum Gasteiger partial charge on any atom is 0.126 e. The Morgan fingerprint density at radius 1 is 1.24 bits per heavy atom. The molecule has 0 saturated heterocycles. The summed E-state index contributed by atoms with van der Waals surface area (Å²) in [4.78, 5) is 0. The van der Waals surface area contributed by atoms with Gasteiger partial charge < -0.3 is 10.5 Å². The van der Waals surface area contributed by atoms with Crippen LogP contribution < -0.4 is 10.5 Å². The third-order valence-electron chi connectivity index (χ3n) is 2.77. The Balaban J connectivity index is 3.14. The van der Waals surface area contributed by atoms with Gasteiger partial charge in [0.05, 0.1) is 6.61 Å². The van der Waals surface area contributed by atoms with E-state index in [0.29, 0.717) is 6.54 Å². The Morgan fingerprint density at radius 3 is 2.47 bits per heavy atom. The van der Waals surface area contributed by atoms with Crippen LogP contribution in [0.25, 0.3) is 0 Å². The lowest BCUT2D eigenvalue weighted by Gasteiger charge is -2.24. The van der Waals surface area contributed by atoms with Gasteiger partial charge in [-0.15, -0.1) is 0 Å². The second-order valence-electron chi connectivity index (χ2n) is 5.43. The molecule has 0 aromatic heterocycles. The highest BCUT2D eigenvalue weighted by atomic mass is 16.5. The number of rotatable bonds is 5. The standard InChI is InChI=1S/C15H25NO/c1-5-11-17-14-12(9-10-16)7-6-8-13(14)15(2,3)4/h6-8H,5,9-11,16H2,1-4H3. The molecule has 1 aromatic rings. The van der Waals surface area contributed by atoms with E-state index < -0.39 is 0 Å². The molecule has 0 fully saturated rings. The number of nitrogens with two attached hydrogens (primary N) is 1. The van der Waals surface area contributed by atoms with Gasteiger partial charge in [0, 0.05) is 0 Å². The van der Waals surface area contributed by atoms with Crippen LogP contribution in [0.3, 0.4) is 0 Å². The van der Waals surface area contributed by atoms with Crippen molar-refractivity contribution in [3.8, 4) is 5.75 Å². The fraction of sp³-hybridized carbons (Fsp3) is 0.600. The first-order valence-corrected chi connectivity index (χ1v) is 6.46. The third-order valence-corrected chi connectivity index (χ3v) is 2.77.